The van der Waals surface area contributed by atoms with Crippen LogP contribution >= 0.6 is 11.5 Å². The summed E-state index contributed by atoms with van der Waals surface area (Å²) in [6, 6.07) is 0.141. The van der Waals surface area contributed by atoms with Crippen LogP contribution in [0.1, 0.15) is 34.0 Å². The van der Waals surface area contributed by atoms with Crippen LogP contribution in [-0.2, 0) is 13.0 Å². The maximum atomic E-state index is 12.5. The van der Waals surface area contributed by atoms with Gasteiger partial charge in [0.2, 0.25) is 0 Å². The highest BCUT2D eigenvalue weighted by atomic mass is 32.1. The third kappa shape index (κ3) is 2.65. The number of hydrogen-bond acceptors (Lipinski definition) is 5. The second-order valence-electron chi connectivity index (χ2n) is 5.38. The normalized spacial score (nSPS) is 17.4. The predicted molar refractivity (Wildman–Crippen MR) is 82.9 cm³/mol. The lowest BCUT2D eigenvalue weighted by molar-refractivity contribution is 0.0928. The van der Waals surface area contributed by atoms with Gasteiger partial charge in [0.25, 0.3) is 5.91 Å². The lowest BCUT2D eigenvalue weighted by Gasteiger charge is -2.24. The Hall–Kier alpha value is -1.89. The van der Waals surface area contributed by atoms with Crippen LogP contribution < -0.4 is 10.6 Å². The number of aryl methyl sites for hydroxylation is 3. The average molecular weight is 305 g/mol. The van der Waals surface area contributed by atoms with Crippen LogP contribution in [0.2, 0.25) is 0 Å². The van der Waals surface area contributed by atoms with Gasteiger partial charge < -0.3 is 15.2 Å². The summed E-state index contributed by atoms with van der Waals surface area (Å²) in [5.41, 5.74) is 2.47. The number of carbonyl (C=O) groups excluding carboxylic acids is 1. The van der Waals surface area contributed by atoms with Crippen LogP contribution in [0.4, 0.5) is 5.00 Å². The van der Waals surface area contributed by atoms with Crippen molar-refractivity contribution in [1.29, 1.82) is 0 Å². The van der Waals surface area contributed by atoms with Gasteiger partial charge in [0.05, 0.1) is 17.0 Å². The number of nitrogens with zero attached hydrogens (tertiary/aromatic N) is 3. The Morgan fingerprint density at radius 2 is 2.29 bits per heavy atom. The molecule has 0 spiro atoms. The van der Waals surface area contributed by atoms with Crippen molar-refractivity contribution in [2.24, 2.45) is 0 Å². The van der Waals surface area contributed by atoms with E-state index in [1.807, 2.05) is 27.1 Å². The molecule has 2 aromatic rings. The Morgan fingerprint density at radius 1 is 1.48 bits per heavy atom. The third-order valence-corrected chi connectivity index (χ3v) is 4.72. The molecule has 0 aliphatic carbocycles. The predicted octanol–water partition coefficient (Wildman–Crippen LogP) is 1.74. The molecule has 0 aromatic carbocycles. The number of imidazole rings is 1. The summed E-state index contributed by atoms with van der Waals surface area (Å²) in [6.07, 6.45) is 3.87. The molecule has 0 bridgehead atoms. The summed E-state index contributed by atoms with van der Waals surface area (Å²) >= 11 is 1.32. The lowest BCUT2D eigenvalue weighted by atomic mass is 10.1. The van der Waals surface area contributed by atoms with Crippen molar-refractivity contribution in [2.45, 2.75) is 39.3 Å². The van der Waals surface area contributed by atoms with Gasteiger partial charge in [0.15, 0.2) is 0 Å². The highest BCUT2D eigenvalue weighted by Crippen LogP contribution is 2.24. The quantitative estimate of drug-likeness (QED) is 0.906. The van der Waals surface area contributed by atoms with Crippen molar-refractivity contribution in [3.63, 3.8) is 0 Å². The number of fused-ring (bicyclic) bond motifs is 1. The van der Waals surface area contributed by atoms with E-state index >= 15 is 0 Å². The number of anilines is 1. The SMILES string of the molecule is CNc1snc(C)c1C(=O)N[C@@H]1CCc2nc(C)cn2C1. The Labute approximate surface area is 127 Å². The van der Waals surface area contributed by atoms with Crippen LogP contribution in [0, 0.1) is 13.8 Å². The van der Waals surface area contributed by atoms with E-state index in [1.165, 1.54) is 11.5 Å². The van der Waals surface area contributed by atoms with Crippen LogP contribution in [-0.4, -0.2) is 32.9 Å². The summed E-state index contributed by atoms with van der Waals surface area (Å²) in [5.74, 6) is 1.07. The molecular weight excluding hydrogens is 286 g/mol. The average Bonchev–Trinajstić information content (AvgIpc) is 2.99. The summed E-state index contributed by atoms with van der Waals surface area (Å²) in [7, 11) is 1.81. The highest BCUT2D eigenvalue weighted by Gasteiger charge is 2.24. The Morgan fingerprint density at radius 3 is 3.05 bits per heavy atom. The van der Waals surface area contributed by atoms with Gasteiger partial charge in [0.1, 0.15) is 10.8 Å². The number of carbonyl (C=O) groups is 1. The molecule has 2 N–H and O–H groups in total. The number of aromatic nitrogens is 3. The molecule has 1 amide bonds. The summed E-state index contributed by atoms with van der Waals surface area (Å²) in [5, 5.41) is 6.98. The molecule has 0 saturated carbocycles. The minimum Gasteiger partial charge on any atom is -0.378 e. The van der Waals surface area contributed by atoms with Crippen molar-refractivity contribution in [2.75, 3.05) is 12.4 Å². The molecule has 21 heavy (non-hydrogen) atoms. The van der Waals surface area contributed by atoms with Gasteiger partial charge in [-0.3, -0.25) is 4.79 Å². The maximum absolute atomic E-state index is 12.5. The molecule has 0 saturated heterocycles. The molecule has 0 fully saturated rings. The first-order valence-corrected chi connectivity index (χ1v) is 7.83. The zero-order valence-electron chi connectivity index (χ0n) is 12.4. The van der Waals surface area contributed by atoms with Crippen LogP contribution in [0.5, 0.6) is 0 Å². The molecule has 3 heterocycles. The van der Waals surface area contributed by atoms with Crippen molar-refractivity contribution in [3.05, 3.63) is 29.0 Å². The monoisotopic (exact) mass is 305 g/mol. The molecule has 1 aliphatic rings. The number of hydrogen-bond donors (Lipinski definition) is 2. The molecule has 1 atom stereocenters. The van der Waals surface area contributed by atoms with E-state index in [2.05, 4.69) is 24.6 Å². The second-order valence-corrected chi connectivity index (χ2v) is 6.16. The fourth-order valence-corrected chi connectivity index (χ4v) is 3.51. The van der Waals surface area contributed by atoms with Crippen molar-refractivity contribution >= 4 is 22.4 Å². The lowest BCUT2D eigenvalue weighted by Crippen LogP contribution is -2.41. The standard InChI is InChI=1S/C14H19N5OS/c1-8-6-19-7-10(4-5-11(19)16-8)17-13(20)12-9(2)18-21-14(12)15-3/h6,10,15H,4-5,7H2,1-3H3,(H,17,20)/t10-/m1/s1. The molecule has 0 unspecified atom stereocenters. The molecule has 7 heteroatoms. The second kappa shape index (κ2) is 5.48. The van der Waals surface area contributed by atoms with Crippen molar-refractivity contribution in [3.8, 4) is 0 Å². The summed E-state index contributed by atoms with van der Waals surface area (Å²) in [4.78, 5) is 17.0. The van der Waals surface area contributed by atoms with Crippen LogP contribution in [0.15, 0.2) is 6.20 Å². The first-order valence-electron chi connectivity index (χ1n) is 7.06. The van der Waals surface area contributed by atoms with E-state index in [9.17, 15) is 4.79 Å². The summed E-state index contributed by atoms with van der Waals surface area (Å²) in [6.45, 7) is 4.65. The Kier molecular flexibility index (Phi) is 3.67. The summed E-state index contributed by atoms with van der Waals surface area (Å²) < 4.78 is 6.38. The van der Waals surface area contributed by atoms with E-state index in [0.29, 0.717) is 5.56 Å². The third-order valence-electron chi connectivity index (χ3n) is 3.77. The fourth-order valence-electron chi connectivity index (χ4n) is 2.77. The minimum absolute atomic E-state index is 0.0455. The molecular formula is C14H19N5OS. The number of rotatable bonds is 3. The van der Waals surface area contributed by atoms with Gasteiger partial charge in [-0.05, 0) is 31.8 Å². The fraction of sp³-hybridized carbons (Fsp3) is 0.500. The molecule has 3 rings (SSSR count). The molecule has 1 aliphatic heterocycles. The van der Waals surface area contributed by atoms with E-state index < -0.39 is 0 Å². The molecule has 6 nitrogen and oxygen atoms in total. The first-order chi connectivity index (χ1) is 10.1. The van der Waals surface area contributed by atoms with Gasteiger partial charge in [0, 0.05) is 32.3 Å². The van der Waals surface area contributed by atoms with Crippen molar-refractivity contribution < 1.29 is 4.79 Å². The van der Waals surface area contributed by atoms with E-state index in [-0.39, 0.29) is 11.9 Å². The molecule has 0 radical (unpaired) electrons. The van der Waals surface area contributed by atoms with E-state index in [0.717, 1.165) is 41.6 Å². The largest absolute Gasteiger partial charge is 0.378 e. The zero-order valence-corrected chi connectivity index (χ0v) is 13.3. The van der Waals surface area contributed by atoms with Crippen LogP contribution in [0.3, 0.4) is 0 Å². The topological polar surface area (TPSA) is 71.8 Å². The van der Waals surface area contributed by atoms with Gasteiger partial charge in [-0.2, -0.15) is 4.37 Å². The Balaban J connectivity index is 1.73. The molecule has 2 aromatic heterocycles. The smallest absolute Gasteiger partial charge is 0.256 e. The number of amides is 1. The van der Waals surface area contributed by atoms with Gasteiger partial charge in [-0.25, -0.2) is 4.98 Å². The van der Waals surface area contributed by atoms with E-state index in [1.54, 1.807) is 0 Å². The minimum atomic E-state index is -0.0455. The first kappa shape index (κ1) is 14.1. The maximum Gasteiger partial charge on any atom is 0.256 e. The number of nitrogens with one attached hydrogen (secondary N) is 2. The van der Waals surface area contributed by atoms with Gasteiger partial charge in [-0.15, -0.1) is 0 Å². The van der Waals surface area contributed by atoms with Gasteiger partial charge in [-0.1, -0.05) is 0 Å². The van der Waals surface area contributed by atoms with E-state index in [4.69, 9.17) is 0 Å². The van der Waals surface area contributed by atoms with Crippen molar-refractivity contribution in [1.82, 2.24) is 19.2 Å². The Bertz CT molecular complexity index is 675. The zero-order chi connectivity index (χ0) is 15.0. The molecule has 112 valence electrons. The highest BCUT2D eigenvalue weighted by molar-refractivity contribution is 7.10. The van der Waals surface area contributed by atoms with Gasteiger partial charge >= 0.3 is 0 Å². The van der Waals surface area contributed by atoms with Crippen LogP contribution in [0.25, 0.3) is 0 Å².